The van der Waals surface area contributed by atoms with Gasteiger partial charge in [0.25, 0.3) is 0 Å². The highest BCUT2D eigenvalue weighted by Gasteiger charge is 2.15. The first-order valence-corrected chi connectivity index (χ1v) is 9.36. The Morgan fingerprint density at radius 3 is 2.77 bits per heavy atom. The Kier molecular flexibility index (Phi) is 4.25. The van der Waals surface area contributed by atoms with Crippen LogP contribution in [0.4, 0.5) is 4.39 Å². The molecule has 0 atom stereocenters. The third-order valence-electron chi connectivity index (χ3n) is 3.65. The average molecular weight is 388 g/mol. The van der Waals surface area contributed by atoms with Crippen molar-refractivity contribution in [3.05, 3.63) is 51.7 Å². The van der Waals surface area contributed by atoms with Gasteiger partial charge in [-0.1, -0.05) is 0 Å². The molecule has 3 aromatic heterocycles. The van der Waals surface area contributed by atoms with Gasteiger partial charge >= 0.3 is 0 Å². The van der Waals surface area contributed by atoms with Gasteiger partial charge in [0.05, 0.1) is 11.1 Å². The molecular weight excluding hydrogens is 375 g/mol. The number of thiazole rings is 1. The van der Waals surface area contributed by atoms with Crippen LogP contribution in [0.3, 0.4) is 0 Å². The number of fused-ring (bicyclic) bond motifs is 1. The molecule has 132 valence electrons. The summed E-state index contributed by atoms with van der Waals surface area (Å²) in [6.07, 6.45) is 0.170. The van der Waals surface area contributed by atoms with E-state index in [0.29, 0.717) is 16.4 Å². The van der Waals surface area contributed by atoms with Crippen molar-refractivity contribution in [1.82, 2.24) is 15.2 Å². The molecule has 0 saturated heterocycles. The Balaban J connectivity index is 1.64. The van der Waals surface area contributed by atoms with E-state index in [1.807, 2.05) is 25.1 Å². The van der Waals surface area contributed by atoms with E-state index in [1.54, 1.807) is 11.3 Å². The second kappa shape index (κ2) is 6.58. The number of amides is 1. The number of carbonyl (C=O) groups is 1. The summed E-state index contributed by atoms with van der Waals surface area (Å²) in [6.45, 7) is 2.02. The molecule has 0 fully saturated rings. The van der Waals surface area contributed by atoms with Crippen molar-refractivity contribution in [2.75, 3.05) is 0 Å². The maximum absolute atomic E-state index is 14.5. The lowest BCUT2D eigenvalue weighted by molar-refractivity contribution is -0.117. The minimum absolute atomic E-state index is 0.106. The second-order valence-electron chi connectivity index (χ2n) is 5.73. The lowest BCUT2D eigenvalue weighted by Crippen LogP contribution is -2.13. The van der Waals surface area contributed by atoms with Gasteiger partial charge in [-0.2, -0.15) is 0 Å². The first kappa shape index (κ1) is 16.8. The molecule has 6 nitrogen and oxygen atoms in total. The highest BCUT2D eigenvalue weighted by Crippen LogP contribution is 2.34. The molecule has 0 aliphatic heterocycles. The molecule has 1 aromatic carbocycles. The van der Waals surface area contributed by atoms with Gasteiger partial charge in [0.2, 0.25) is 17.7 Å². The van der Waals surface area contributed by atoms with Gasteiger partial charge in [-0.3, -0.25) is 4.79 Å². The van der Waals surface area contributed by atoms with E-state index in [-0.39, 0.29) is 24.5 Å². The maximum atomic E-state index is 14.5. The normalized spacial score (nSPS) is 11.3. The molecule has 2 N–H and O–H groups in total. The Morgan fingerprint density at radius 2 is 2.04 bits per heavy atom. The molecule has 26 heavy (non-hydrogen) atoms. The SMILES string of the molecule is Cc1ccc(-c2cc(F)c3nc(Cc4nnc(CC(N)=O)o4)sc3c2)s1. The molecule has 1 amide bonds. The van der Waals surface area contributed by atoms with E-state index >= 15 is 0 Å². The number of carbonyl (C=O) groups excluding carboxylic acids is 1. The number of nitrogens with zero attached hydrogens (tertiary/aromatic N) is 3. The summed E-state index contributed by atoms with van der Waals surface area (Å²) in [5.74, 6) is -0.422. The fourth-order valence-electron chi connectivity index (χ4n) is 2.55. The number of hydrogen-bond donors (Lipinski definition) is 1. The van der Waals surface area contributed by atoms with E-state index in [2.05, 4.69) is 15.2 Å². The molecular formula is C17H13FN4O2S2. The van der Waals surface area contributed by atoms with Crippen LogP contribution in [0.5, 0.6) is 0 Å². The minimum Gasteiger partial charge on any atom is -0.424 e. The number of aryl methyl sites for hydroxylation is 1. The predicted octanol–water partition coefficient (Wildman–Crippen LogP) is 3.47. The van der Waals surface area contributed by atoms with Crippen LogP contribution in [-0.4, -0.2) is 21.1 Å². The first-order chi connectivity index (χ1) is 12.5. The summed E-state index contributed by atoms with van der Waals surface area (Å²) in [5, 5.41) is 8.30. The summed E-state index contributed by atoms with van der Waals surface area (Å²) in [6, 6.07) is 7.45. The van der Waals surface area contributed by atoms with Gasteiger partial charge in [-0.05, 0) is 36.8 Å². The highest BCUT2D eigenvalue weighted by atomic mass is 32.1. The van der Waals surface area contributed by atoms with Crippen molar-refractivity contribution >= 4 is 38.8 Å². The van der Waals surface area contributed by atoms with Crippen molar-refractivity contribution in [1.29, 1.82) is 0 Å². The number of nitrogens with two attached hydrogens (primary N) is 1. The predicted molar refractivity (Wildman–Crippen MR) is 97.6 cm³/mol. The summed E-state index contributed by atoms with van der Waals surface area (Å²) in [5.41, 5.74) is 6.27. The Bertz CT molecular complexity index is 1120. The standard InChI is InChI=1S/C17H13FN4O2S2/c1-8-2-3-11(25-8)9-4-10(18)17-12(5-9)26-16(20-17)7-15-22-21-14(24-15)6-13(19)23/h2-5H,6-7H2,1H3,(H2,19,23). The number of rotatable bonds is 5. The second-order valence-corrected chi connectivity index (χ2v) is 8.14. The third-order valence-corrected chi connectivity index (χ3v) is 5.71. The zero-order chi connectivity index (χ0) is 18.3. The van der Waals surface area contributed by atoms with Crippen LogP contribution >= 0.6 is 22.7 Å². The highest BCUT2D eigenvalue weighted by molar-refractivity contribution is 7.18. The first-order valence-electron chi connectivity index (χ1n) is 7.73. The van der Waals surface area contributed by atoms with Crippen molar-refractivity contribution < 1.29 is 13.6 Å². The Morgan fingerprint density at radius 1 is 1.23 bits per heavy atom. The quantitative estimate of drug-likeness (QED) is 0.565. The van der Waals surface area contributed by atoms with Gasteiger partial charge in [0, 0.05) is 9.75 Å². The molecule has 0 spiro atoms. The van der Waals surface area contributed by atoms with Gasteiger partial charge in [0.15, 0.2) is 5.82 Å². The fraction of sp³-hybridized carbons (Fsp3) is 0.176. The maximum Gasteiger partial charge on any atom is 0.226 e. The van der Waals surface area contributed by atoms with Crippen molar-refractivity contribution in [2.45, 2.75) is 19.8 Å². The summed E-state index contributed by atoms with van der Waals surface area (Å²) in [4.78, 5) is 17.4. The number of benzene rings is 1. The minimum atomic E-state index is -0.543. The number of thiophene rings is 1. The van der Waals surface area contributed by atoms with Crippen molar-refractivity contribution in [3.8, 4) is 10.4 Å². The zero-order valence-electron chi connectivity index (χ0n) is 13.7. The van der Waals surface area contributed by atoms with E-state index in [0.717, 1.165) is 15.1 Å². The molecule has 0 aliphatic rings. The van der Waals surface area contributed by atoms with Gasteiger partial charge in [-0.15, -0.1) is 32.9 Å². The van der Waals surface area contributed by atoms with E-state index in [9.17, 15) is 9.18 Å². The third kappa shape index (κ3) is 3.35. The molecule has 0 saturated carbocycles. The number of primary amides is 1. The molecule has 0 aliphatic carbocycles. The topological polar surface area (TPSA) is 94.9 Å². The van der Waals surface area contributed by atoms with Crippen LogP contribution in [0, 0.1) is 12.7 Å². The van der Waals surface area contributed by atoms with Crippen LogP contribution in [-0.2, 0) is 17.6 Å². The van der Waals surface area contributed by atoms with Crippen LogP contribution in [0.25, 0.3) is 20.7 Å². The molecule has 4 rings (SSSR count). The molecule has 9 heteroatoms. The number of aromatic nitrogens is 3. The molecule has 0 unspecified atom stereocenters. The Hall–Kier alpha value is -2.65. The number of halogens is 1. The lowest BCUT2D eigenvalue weighted by Gasteiger charge is -1.98. The van der Waals surface area contributed by atoms with E-state index in [1.165, 1.54) is 22.3 Å². The fourth-order valence-corrected chi connectivity index (χ4v) is 4.42. The van der Waals surface area contributed by atoms with Crippen molar-refractivity contribution in [2.24, 2.45) is 5.73 Å². The number of hydrogen-bond acceptors (Lipinski definition) is 7. The van der Waals surface area contributed by atoms with Crippen LogP contribution in [0.1, 0.15) is 21.7 Å². The molecule has 0 bridgehead atoms. The smallest absolute Gasteiger partial charge is 0.226 e. The van der Waals surface area contributed by atoms with Crippen LogP contribution in [0.2, 0.25) is 0 Å². The lowest BCUT2D eigenvalue weighted by atomic mass is 10.2. The monoisotopic (exact) mass is 388 g/mol. The van der Waals surface area contributed by atoms with Crippen LogP contribution in [0.15, 0.2) is 28.7 Å². The summed E-state index contributed by atoms with van der Waals surface area (Å²) < 4.78 is 20.6. The molecule has 0 radical (unpaired) electrons. The van der Waals surface area contributed by atoms with Crippen LogP contribution < -0.4 is 5.73 Å². The van der Waals surface area contributed by atoms with Crippen molar-refractivity contribution in [3.63, 3.8) is 0 Å². The van der Waals surface area contributed by atoms with E-state index < -0.39 is 5.91 Å². The molecule has 3 heterocycles. The average Bonchev–Trinajstić information content (AvgIpc) is 3.27. The van der Waals surface area contributed by atoms with Gasteiger partial charge in [0.1, 0.15) is 16.9 Å². The zero-order valence-corrected chi connectivity index (χ0v) is 15.3. The van der Waals surface area contributed by atoms with E-state index in [4.69, 9.17) is 10.2 Å². The molecule has 4 aromatic rings. The summed E-state index contributed by atoms with van der Waals surface area (Å²) >= 11 is 3.00. The van der Waals surface area contributed by atoms with Gasteiger partial charge < -0.3 is 10.2 Å². The summed E-state index contributed by atoms with van der Waals surface area (Å²) in [7, 11) is 0. The Labute approximate surface area is 155 Å². The largest absolute Gasteiger partial charge is 0.424 e. The van der Waals surface area contributed by atoms with Gasteiger partial charge in [-0.25, -0.2) is 9.37 Å².